The molecule has 1 amide bonds. The van der Waals surface area contributed by atoms with Crippen LogP contribution in [0.2, 0.25) is 0 Å². The second kappa shape index (κ2) is 7.27. The summed E-state index contributed by atoms with van der Waals surface area (Å²) in [5.41, 5.74) is 6.23. The fourth-order valence-electron chi connectivity index (χ4n) is 3.19. The Balaban J connectivity index is 2.08. The Kier molecular flexibility index (Phi) is 5.04. The quantitative estimate of drug-likeness (QED) is 0.604. The van der Waals surface area contributed by atoms with Crippen LogP contribution in [0.1, 0.15) is 29.5 Å². The summed E-state index contributed by atoms with van der Waals surface area (Å²) >= 11 is 0. The second-order valence-corrected chi connectivity index (χ2v) is 6.38. The van der Waals surface area contributed by atoms with Crippen molar-refractivity contribution in [1.29, 1.82) is 0 Å². The summed E-state index contributed by atoms with van der Waals surface area (Å²) in [5, 5.41) is 1.99. The molecule has 1 atom stereocenters. The SMILES string of the molecule is C[C@@H](C(=Cc1cccc(C(F)(F)F)c1)C(N)=O)c1cccc2ccccc12. The molecule has 0 aromatic heterocycles. The molecule has 0 heterocycles. The highest BCUT2D eigenvalue weighted by molar-refractivity contribution is 5.99. The van der Waals surface area contributed by atoms with E-state index in [2.05, 4.69) is 0 Å². The van der Waals surface area contributed by atoms with E-state index in [1.54, 1.807) is 0 Å². The van der Waals surface area contributed by atoms with Gasteiger partial charge in [-0.3, -0.25) is 4.79 Å². The highest BCUT2D eigenvalue weighted by Gasteiger charge is 2.30. The molecule has 0 aliphatic rings. The van der Waals surface area contributed by atoms with Crippen molar-refractivity contribution in [2.45, 2.75) is 19.0 Å². The fraction of sp³-hybridized carbons (Fsp3) is 0.136. The van der Waals surface area contributed by atoms with E-state index >= 15 is 0 Å². The van der Waals surface area contributed by atoms with Gasteiger partial charge in [0.15, 0.2) is 0 Å². The maximum Gasteiger partial charge on any atom is 0.416 e. The number of halogens is 3. The standard InChI is InChI=1S/C22H18F3NO/c1-14(18-11-5-8-16-7-2-3-10-19(16)18)20(21(26)27)13-15-6-4-9-17(12-15)22(23,24)25/h2-14H,1H3,(H2,26,27)/t14-/m1/s1. The van der Waals surface area contributed by atoms with E-state index < -0.39 is 17.6 Å². The normalized spacial score (nSPS) is 13.6. The summed E-state index contributed by atoms with van der Waals surface area (Å²) in [5.74, 6) is -1.03. The summed E-state index contributed by atoms with van der Waals surface area (Å²) in [7, 11) is 0. The molecular formula is C22H18F3NO. The smallest absolute Gasteiger partial charge is 0.366 e. The molecule has 0 bridgehead atoms. The minimum absolute atomic E-state index is 0.255. The molecule has 0 unspecified atom stereocenters. The van der Waals surface area contributed by atoms with Gasteiger partial charge in [0.2, 0.25) is 5.91 Å². The topological polar surface area (TPSA) is 43.1 Å². The number of fused-ring (bicyclic) bond motifs is 1. The monoisotopic (exact) mass is 369 g/mol. The number of primary amides is 1. The molecule has 5 heteroatoms. The van der Waals surface area contributed by atoms with Gasteiger partial charge in [-0.15, -0.1) is 0 Å². The summed E-state index contributed by atoms with van der Waals surface area (Å²) in [6.45, 7) is 1.83. The van der Waals surface area contributed by atoms with E-state index in [0.29, 0.717) is 0 Å². The first-order valence-corrected chi connectivity index (χ1v) is 8.43. The van der Waals surface area contributed by atoms with Crippen molar-refractivity contribution < 1.29 is 18.0 Å². The third kappa shape index (κ3) is 4.03. The van der Waals surface area contributed by atoms with Crippen molar-refractivity contribution in [2.75, 3.05) is 0 Å². The number of hydrogen-bond donors (Lipinski definition) is 1. The van der Waals surface area contributed by atoms with E-state index in [9.17, 15) is 18.0 Å². The summed E-state index contributed by atoms with van der Waals surface area (Å²) in [4.78, 5) is 12.1. The zero-order chi connectivity index (χ0) is 19.6. The third-order valence-corrected chi connectivity index (χ3v) is 4.58. The van der Waals surface area contributed by atoms with Crippen molar-refractivity contribution in [1.82, 2.24) is 0 Å². The Morgan fingerprint density at radius 2 is 1.67 bits per heavy atom. The van der Waals surface area contributed by atoms with Crippen LogP contribution in [0.25, 0.3) is 16.8 Å². The van der Waals surface area contributed by atoms with Gasteiger partial charge in [0.25, 0.3) is 0 Å². The molecule has 0 radical (unpaired) electrons. The predicted molar refractivity (Wildman–Crippen MR) is 101 cm³/mol. The van der Waals surface area contributed by atoms with E-state index in [0.717, 1.165) is 28.5 Å². The van der Waals surface area contributed by atoms with Crippen LogP contribution in [0.4, 0.5) is 13.2 Å². The van der Waals surface area contributed by atoms with Crippen molar-refractivity contribution >= 4 is 22.8 Å². The molecule has 3 aromatic rings. The van der Waals surface area contributed by atoms with Crippen LogP contribution >= 0.6 is 0 Å². The molecule has 0 saturated carbocycles. The van der Waals surface area contributed by atoms with E-state index in [-0.39, 0.29) is 17.1 Å². The number of rotatable bonds is 4. The Bertz CT molecular complexity index is 1020. The Morgan fingerprint density at radius 1 is 1.00 bits per heavy atom. The van der Waals surface area contributed by atoms with Crippen LogP contribution in [-0.4, -0.2) is 5.91 Å². The molecule has 3 rings (SSSR count). The fourth-order valence-corrected chi connectivity index (χ4v) is 3.19. The van der Waals surface area contributed by atoms with Crippen LogP contribution in [0.5, 0.6) is 0 Å². The lowest BCUT2D eigenvalue weighted by molar-refractivity contribution is -0.137. The van der Waals surface area contributed by atoms with E-state index in [4.69, 9.17) is 5.73 Å². The van der Waals surface area contributed by atoms with E-state index in [1.807, 2.05) is 49.4 Å². The maximum absolute atomic E-state index is 12.9. The van der Waals surface area contributed by atoms with Gasteiger partial charge in [0.05, 0.1) is 5.56 Å². The van der Waals surface area contributed by atoms with E-state index in [1.165, 1.54) is 18.2 Å². The average molecular weight is 369 g/mol. The molecule has 0 aliphatic heterocycles. The lowest BCUT2D eigenvalue weighted by atomic mass is 9.87. The van der Waals surface area contributed by atoms with Crippen LogP contribution in [0, 0.1) is 0 Å². The lowest BCUT2D eigenvalue weighted by Gasteiger charge is -2.17. The number of carbonyl (C=O) groups is 1. The Morgan fingerprint density at radius 3 is 2.37 bits per heavy atom. The van der Waals surface area contributed by atoms with Gasteiger partial charge in [0.1, 0.15) is 0 Å². The largest absolute Gasteiger partial charge is 0.416 e. The molecule has 0 saturated heterocycles. The van der Waals surface area contributed by atoms with Gasteiger partial charge >= 0.3 is 6.18 Å². The highest BCUT2D eigenvalue weighted by Crippen LogP contribution is 2.33. The van der Waals surface area contributed by atoms with Crippen LogP contribution in [0.15, 0.2) is 72.3 Å². The van der Waals surface area contributed by atoms with Gasteiger partial charge in [-0.05, 0) is 40.1 Å². The summed E-state index contributed by atoms with van der Waals surface area (Å²) in [6.07, 6.45) is -3.01. The first kappa shape index (κ1) is 18.7. The third-order valence-electron chi connectivity index (χ3n) is 4.58. The van der Waals surface area contributed by atoms with Gasteiger partial charge in [-0.1, -0.05) is 61.5 Å². The Hall–Kier alpha value is -3.08. The van der Waals surface area contributed by atoms with Gasteiger partial charge in [-0.2, -0.15) is 13.2 Å². The first-order chi connectivity index (χ1) is 12.8. The molecule has 2 nitrogen and oxygen atoms in total. The molecular weight excluding hydrogens is 351 g/mol. The van der Waals surface area contributed by atoms with Crippen LogP contribution < -0.4 is 5.73 Å². The van der Waals surface area contributed by atoms with Crippen LogP contribution in [-0.2, 0) is 11.0 Å². The minimum atomic E-state index is -4.45. The van der Waals surface area contributed by atoms with Crippen LogP contribution in [0.3, 0.4) is 0 Å². The van der Waals surface area contributed by atoms with Gasteiger partial charge in [-0.25, -0.2) is 0 Å². The summed E-state index contributed by atoms with van der Waals surface area (Å²) < 4.78 is 38.8. The van der Waals surface area contributed by atoms with Gasteiger partial charge in [0, 0.05) is 11.5 Å². The zero-order valence-corrected chi connectivity index (χ0v) is 14.6. The molecule has 138 valence electrons. The number of carbonyl (C=O) groups excluding carboxylic acids is 1. The summed E-state index contributed by atoms with van der Waals surface area (Å²) in [6, 6.07) is 18.3. The molecule has 3 aromatic carbocycles. The average Bonchev–Trinajstić information content (AvgIpc) is 2.64. The van der Waals surface area contributed by atoms with Crippen molar-refractivity contribution in [3.05, 3.63) is 89.0 Å². The number of nitrogens with two attached hydrogens (primary N) is 1. The molecule has 27 heavy (non-hydrogen) atoms. The first-order valence-electron chi connectivity index (χ1n) is 8.43. The molecule has 0 fully saturated rings. The maximum atomic E-state index is 12.9. The van der Waals surface area contributed by atoms with Crippen molar-refractivity contribution in [2.24, 2.45) is 5.73 Å². The molecule has 0 aliphatic carbocycles. The van der Waals surface area contributed by atoms with Crippen molar-refractivity contribution in [3.8, 4) is 0 Å². The number of benzene rings is 3. The molecule has 2 N–H and O–H groups in total. The second-order valence-electron chi connectivity index (χ2n) is 6.38. The minimum Gasteiger partial charge on any atom is -0.366 e. The lowest BCUT2D eigenvalue weighted by Crippen LogP contribution is -2.18. The zero-order valence-electron chi connectivity index (χ0n) is 14.6. The number of alkyl halides is 3. The number of hydrogen-bond acceptors (Lipinski definition) is 1. The van der Waals surface area contributed by atoms with Gasteiger partial charge < -0.3 is 5.73 Å². The Labute approximate surface area is 155 Å². The molecule has 0 spiro atoms. The predicted octanol–water partition coefficient (Wildman–Crippen LogP) is 5.53. The van der Waals surface area contributed by atoms with Crippen molar-refractivity contribution in [3.63, 3.8) is 0 Å². The highest BCUT2D eigenvalue weighted by atomic mass is 19.4. The number of amides is 1.